The van der Waals surface area contributed by atoms with Crippen LogP contribution in [0.1, 0.15) is 26.5 Å². The van der Waals surface area contributed by atoms with E-state index in [1.807, 2.05) is 51.1 Å². The van der Waals surface area contributed by atoms with Crippen LogP contribution in [0.4, 0.5) is 0 Å². The van der Waals surface area contributed by atoms with E-state index in [0.29, 0.717) is 11.5 Å². The standard InChI is InChI=1S/C14H16O4/c1-14(2,3)16-9-11-12(18-13(15)17-11)10-7-5-4-6-8-10/h4-8H,9H2,1-3H3. The highest BCUT2D eigenvalue weighted by atomic mass is 16.6. The van der Waals surface area contributed by atoms with Crippen LogP contribution in [0.25, 0.3) is 11.3 Å². The van der Waals surface area contributed by atoms with Crippen molar-refractivity contribution in [2.45, 2.75) is 33.0 Å². The molecule has 96 valence electrons. The van der Waals surface area contributed by atoms with Gasteiger partial charge in [0.25, 0.3) is 0 Å². The van der Waals surface area contributed by atoms with E-state index in [0.717, 1.165) is 5.56 Å². The Bertz CT molecular complexity index is 557. The smallest absolute Gasteiger partial charge is 0.393 e. The SMILES string of the molecule is CC(C)(C)OCc1oc(=O)oc1-c1ccccc1. The fourth-order valence-corrected chi connectivity index (χ4v) is 1.49. The summed E-state index contributed by atoms with van der Waals surface area (Å²) in [7, 11) is 0. The normalized spacial score (nSPS) is 11.7. The number of rotatable bonds is 3. The van der Waals surface area contributed by atoms with Crippen LogP contribution in [0.15, 0.2) is 44.0 Å². The summed E-state index contributed by atoms with van der Waals surface area (Å²) in [5.74, 6) is 0.146. The second kappa shape index (κ2) is 4.82. The van der Waals surface area contributed by atoms with Gasteiger partial charge in [0.1, 0.15) is 6.61 Å². The highest BCUT2D eigenvalue weighted by Crippen LogP contribution is 2.24. The van der Waals surface area contributed by atoms with Crippen LogP contribution in [-0.2, 0) is 11.3 Å². The Morgan fingerprint density at radius 1 is 1.11 bits per heavy atom. The van der Waals surface area contributed by atoms with Gasteiger partial charge in [0.2, 0.25) is 0 Å². The lowest BCUT2D eigenvalue weighted by molar-refractivity contribution is -0.0225. The van der Waals surface area contributed by atoms with E-state index < -0.39 is 5.82 Å². The Labute approximate surface area is 105 Å². The molecule has 1 heterocycles. The summed E-state index contributed by atoms with van der Waals surface area (Å²) < 4.78 is 15.7. The molecule has 2 rings (SSSR count). The van der Waals surface area contributed by atoms with Gasteiger partial charge in [-0.1, -0.05) is 30.3 Å². The van der Waals surface area contributed by atoms with Crippen LogP contribution in [0, 0.1) is 0 Å². The third kappa shape index (κ3) is 3.11. The van der Waals surface area contributed by atoms with Crippen molar-refractivity contribution in [2.75, 3.05) is 0 Å². The van der Waals surface area contributed by atoms with Gasteiger partial charge in [-0.05, 0) is 20.8 Å². The molecule has 0 bridgehead atoms. The largest absolute Gasteiger partial charge is 0.519 e. The molecule has 1 aromatic heterocycles. The highest BCUT2D eigenvalue weighted by Gasteiger charge is 2.18. The third-order valence-electron chi connectivity index (χ3n) is 2.32. The van der Waals surface area contributed by atoms with E-state index in [1.54, 1.807) is 0 Å². The molecule has 0 spiro atoms. The predicted molar refractivity (Wildman–Crippen MR) is 67.2 cm³/mol. The molecule has 0 N–H and O–H groups in total. The molecular weight excluding hydrogens is 232 g/mol. The highest BCUT2D eigenvalue weighted by molar-refractivity contribution is 5.58. The van der Waals surface area contributed by atoms with Crippen LogP contribution in [-0.4, -0.2) is 5.60 Å². The summed E-state index contributed by atoms with van der Waals surface area (Å²) in [6.45, 7) is 6.02. The van der Waals surface area contributed by atoms with E-state index in [2.05, 4.69) is 0 Å². The first kappa shape index (κ1) is 12.6. The Kier molecular flexibility index (Phi) is 3.39. The molecule has 0 saturated heterocycles. The topological polar surface area (TPSA) is 52.6 Å². The van der Waals surface area contributed by atoms with Crippen molar-refractivity contribution in [1.82, 2.24) is 0 Å². The lowest BCUT2D eigenvalue weighted by Crippen LogP contribution is -2.18. The molecule has 0 amide bonds. The summed E-state index contributed by atoms with van der Waals surface area (Å²) >= 11 is 0. The average molecular weight is 248 g/mol. The van der Waals surface area contributed by atoms with E-state index in [1.165, 1.54) is 0 Å². The second-order valence-corrected chi connectivity index (χ2v) is 4.97. The van der Waals surface area contributed by atoms with Crippen molar-refractivity contribution < 1.29 is 13.6 Å². The predicted octanol–water partition coefficient (Wildman–Crippen LogP) is 3.21. The van der Waals surface area contributed by atoms with Crippen molar-refractivity contribution in [1.29, 1.82) is 0 Å². The Balaban J connectivity index is 2.29. The van der Waals surface area contributed by atoms with E-state index in [4.69, 9.17) is 13.6 Å². The summed E-state index contributed by atoms with van der Waals surface area (Å²) in [5, 5.41) is 0. The Morgan fingerprint density at radius 2 is 1.78 bits per heavy atom. The lowest BCUT2D eigenvalue weighted by Gasteiger charge is -2.18. The van der Waals surface area contributed by atoms with Crippen LogP contribution >= 0.6 is 0 Å². The minimum absolute atomic E-state index is 0.208. The number of hydrogen-bond acceptors (Lipinski definition) is 4. The maximum atomic E-state index is 11.2. The number of ether oxygens (including phenoxy) is 1. The van der Waals surface area contributed by atoms with Crippen molar-refractivity contribution in [3.05, 3.63) is 46.7 Å². The van der Waals surface area contributed by atoms with Crippen LogP contribution < -0.4 is 5.82 Å². The molecule has 0 atom stereocenters. The minimum Gasteiger partial charge on any atom is -0.393 e. The van der Waals surface area contributed by atoms with Gasteiger partial charge in [-0.2, -0.15) is 0 Å². The molecule has 4 heteroatoms. The number of benzene rings is 1. The van der Waals surface area contributed by atoms with Crippen molar-refractivity contribution in [2.24, 2.45) is 0 Å². The van der Waals surface area contributed by atoms with Crippen molar-refractivity contribution in [3.63, 3.8) is 0 Å². The van der Waals surface area contributed by atoms with Gasteiger partial charge in [0.05, 0.1) is 5.60 Å². The van der Waals surface area contributed by atoms with Crippen LogP contribution in [0.5, 0.6) is 0 Å². The molecule has 0 saturated carbocycles. The molecule has 1 aromatic carbocycles. The zero-order valence-corrected chi connectivity index (χ0v) is 10.7. The first-order chi connectivity index (χ1) is 8.46. The summed E-state index contributed by atoms with van der Waals surface area (Å²) in [5.41, 5.74) is 0.500. The Morgan fingerprint density at radius 3 is 2.39 bits per heavy atom. The van der Waals surface area contributed by atoms with E-state index >= 15 is 0 Å². The monoisotopic (exact) mass is 248 g/mol. The molecule has 0 aliphatic carbocycles. The van der Waals surface area contributed by atoms with Gasteiger partial charge in [-0.3, -0.25) is 0 Å². The fraction of sp³-hybridized carbons (Fsp3) is 0.357. The lowest BCUT2D eigenvalue weighted by atomic mass is 10.1. The van der Waals surface area contributed by atoms with Gasteiger partial charge in [-0.15, -0.1) is 0 Å². The maximum absolute atomic E-state index is 11.2. The maximum Gasteiger partial charge on any atom is 0.519 e. The third-order valence-corrected chi connectivity index (χ3v) is 2.32. The molecule has 0 aliphatic rings. The number of hydrogen-bond donors (Lipinski definition) is 0. The van der Waals surface area contributed by atoms with Gasteiger partial charge < -0.3 is 13.6 Å². The van der Waals surface area contributed by atoms with Crippen LogP contribution in [0.2, 0.25) is 0 Å². The van der Waals surface area contributed by atoms with E-state index in [-0.39, 0.29) is 12.2 Å². The first-order valence-electron chi connectivity index (χ1n) is 5.78. The molecule has 2 aromatic rings. The fourth-order valence-electron chi connectivity index (χ4n) is 1.49. The summed E-state index contributed by atoms with van der Waals surface area (Å²) in [4.78, 5) is 11.2. The second-order valence-electron chi connectivity index (χ2n) is 4.97. The molecule has 18 heavy (non-hydrogen) atoms. The molecule has 4 nitrogen and oxygen atoms in total. The summed E-state index contributed by atoms with van der Waals surface area (Å²) in [6.07, 6.45) is 0. The van der Waals surface area contributed by atoms with E-state index in [9.17, 15) is 4.79 Å². The molecule has 0 unspecified atom stereocenters. The minimum atomic E-state index is -0.707. The van der Waals surface area contributed by atoms with Crippen LogP contribution in [0.3, 0.4) is 0 Å². The van der Waals surface area contributed by atoms with Gasteiger partial charge >= 0.3 is 5.82 Å². The average Bonchev–Trinajstić information content (AvgIpc) is 2.68. The molecule has 0 aliphatic heterocycles. The van der Waals surface area contributed by atoms with Gasteiger partial charge in [0, 0.05) is 5.56 Å². The first-order valence-corrected chi connectivity index (χ1v) is 5.78. The van der Waals surface area contributed by atoms with Crippen molar-refractivity contribution in [3.8, 4) is 11.3 Å². The quantitative estimate of drug-likeness (QED) is 0.836. The van der Waals surface area contributed by atoms with Gasteiger partial charge in [-0.25, -0.2) is 4.79 Å². The summed E-state index contributed by atoms with van der Waals surface area (Å²) in [6, 6.07) is 9.35. The van der Waals surface area contributed by atoms with Gasteiger partial charge in [0.15, 0.2) is 11.5 Å². The zero-order valence-electron chi connectivity index (χ0n) is 10.7. The molecule has 0 fully saturated rings. The zero-order chi connectivity index (χ0) is 13.2. The molecular formula is C14H16O4. The van der Waals surface area contributed by atoms with Crippen molar-refractivity contribution >= 4 is 0 Å². The Hall–Kier alpha value is -1.81. The molecule has 0 radical (unpaired) electrons.